The summed E-state index contributed by atoms with van der Waals surface area (Å²) in [5.41, 5.74) is 2.03. The molecule has 21 heavy (non-hydrogen) atoms. The molecule has 2 aliphatic heterocycles. The van der Waals surface area contributed by atoms with E-state index < -0.39 is 0 Å². The molecule has 1 N–H and O–H groups in total. The summed E-state index contributed by atoms with van der Waals surface area (Å²) in [5, 5.41) is 2.81. The van der Waals surface area contributed by atoms with Gasteiger partial charge in [-0.25, -0.2) is 4.39 Å². The second kappa shape index (κ2) is 4.48. The molecule has 4 rings (SSSR count). The normalized spacial score (nSPS) is 19.1. The summed E-state index contributed by atoms with van der Waals surface area (Å²) in [4.78, 5) is 11.9. The number of benzene rings is 2. The van der Waals surface area contributed by atoms with E-state index in [1.807, 2.05) is 6.07 Å². The summed E-state index contributed by atoms with van der Waals surface area (Å²) in [6, 6.07) is 10.1. The number of ether oxygens (including phenoxy) is 2. The van der Waals surface area contributed by atoms with E-state index in [1.165, 1.54) is 6.07 Å². The fourth-order valence-corrected chi connectivity index (χ4v) is 2.89. The molecular weight excluding hydrogens is 273 g/mol. The molecule has 0 saturated carbocycles. The number of halogens is 1. The van der Waals surface area contributed by atoms with Gasteiger partial charge < -0.3 is 14.8 Å². The van der Waals surface area contributed by atoms with Crippen LogP contribution >= 0.6 is 0 Å². The van der Waals surface area contributed by atoms with Crippen molar-refractivity contribution in [3.05, 3.63) is 53.3 Å². The number of amides is 1. The summed E-state index contributed by atoms with van der Waals surface area (Å²) in [7, 11) is 0. The number of anilines is 1. The molecule has 106 valence electrons. The van der Waals surface area contributed by atoms with Crippen molar-refractivity contribution in [1.82, 2.24) is 0 Å². The van der Waals surface area contributed by atoms with E-state index >= 15 is 0 Å². The van der Waals surface area contributed by atoms with Crippen LogP contribution in [0.25, 0.3) is 0 Å². The third kappa shape index (κ3) is 1.93. The zero-order chi connectivity index (χ0) is 14.4. The van der Waals surface area contributed by atoms with Crippen LogP contribution in [0.4, 0.5) is 10.1 Å². The Kier molecular flexibility index (Phi) is 2.60. The molecule has 2 aromatic rings. The fraction of sp³-hybridized carbons (Fsp3) is 0.188. The molecule has 1 amide bonds. The first kappa shape index (κ1) is 12.2. The van der Waals surface area contributed by atoms with Crippen molar-refractivity contribution in [2.45, 2.75) is 12.3 Å². The van der Waals surface area contributed by atoms with Gasteiger partial charge in [0.2, 0.25) is 12.7 Å². The number of rotatable bonds is 1. The van der Waals surface area contributed by atoms with Crippen molar-refractivity contribution in [1.29, 1.82) is 0 Å². The van der Waals surface area contributed by atoms with Crippen LogP contribution in [0, 0.1) is 5.82 Å². The van der Waals surface area contributed by atoms with Gasteiger partial charge in [-0.3, -0.25) is 4.79 Å². The lowest BCUT2D eigenvalue weighted by Gasteiger charge is -2.26. The molecule has 1 atom stereocenters. The zero-order valence-corrected chi connectivity index (χ0v) is 11.1. The van der Waals surface area contributed by atoms with Crippen molar-refractivity contribution in [3.63, 3.8) is 0 Å². The van der Waals surface area contributed by atoms with Crippen molar-refractivity contribution in [3.8, 4) is 11.5 Å². The van der Waals surface area contributed by atoms with Crippen LogP contribution in [0.3, 0.4) is 0 Å². The maximum absolute atomic E-state index is 14.1. The highest BCUT2D eigenvalue weighted by Crippen LogP contribution is 2.44. The van der Waals surface area contributed by atoms with Gasteiger partial charge in [-0.05, 0) is 23.3 Å². The molecule has 2 aliphatic rings. The highest BCUT2D eigenvalue weighted by Gasteiger charge is 2.31. The quantitative estimate of drug-likeness (QED) is 0.876. The van der Waals surface area contributed by atoms with E-state index in [9.17, 15) is 9.18 Å². The number of fused-ring (bicyclic) bond motifs is 2. The third-order valence-electron chi connectivity index (χ3n) is 3.86. The van der Waals surface area contributed by atoms with Gasteiger partial charge in [0.05, 0.1) is 0 Å². The molecule has 0 fully saturated rings. The van der Waals surface area contributed by atoms with Crippen LogP contribution in [0.1, 0.15) is 23.5 Å². The van der Waals surface area contributed by atoms with E-state index in [0.717, 1.165) is 5.56 Å². The maximum atomic E-state index is 14.1. The summed E-state index contributed by atoms with van der Waals surface area (Å²) in [6.07, 6.45) is 0.216. The molecule has 0 radical (unpaired) electrons. The second-order valence-electron chi connectivity index (χ2n) is 5.12. The van der Waals surface area contributed by atoms with Crippen LogP contribution in [0.15, 0.2) is 36.4 Å². The second-order valence-corrected chi connectivity index (χ2v) is 5.12. The van der Waals surface area contributed by atoms with E-state index in [4.69, 9.17) is 9.47 Å². The smallest absolute Gasteiger partial charge is 0.231 e. The number of carbonyl (C=O) groups excluding carboxylic acids is 1. The van der Waals surface area contributed by atoms with Gasteiger partial charge in [0.15, 0.2) is 11.5 Å². The monoisotopic (exact) mass is 285 g/mol. The van der Waals surface area contributed by atoms with Gasteiger partial charge in [0.1, 0.15) is 5.82 Å². The van der Waals surface area contributed by atoms with Crippen LogP contribution in [-0.2, 0) is 4.79 Å². The number of hydrogen-bond donors (Lipinski definition) is 1. The van der Waals surface area contributed by atoms with Crippen LogP contribution in [-0.4, -0.2) is 12.7 Å². The van der Waals surface area contributed by atoms with Gasteiger partial charge in [0, 0.05) is 24.1 Å². The molecule has 2 aromatic carbocycles. The molecule has 2 heterocycles. The highest BCUT2D eigenvalue weighted by atomic mass is 19.1. The molecule has 0 aromatic heterocycles. The topological polar surface area (TPSA) is 47.6 Å². The zero-order valence-electron chi connectivity index (χ0n) is 11.1. The molecule has 0 unspecified atom stereocenters. The van der Waals surface area contributed by atoms with Gasteiger partial charge in [-0.1, -0.05) is 18.2 Å². The van der Waals surface area contributed by atoms with Crippen molar-refractivity contribution in [2.24, 2.45) is 0 Å². The minimum absolute atomic E-state index is 0.130. The van der Waals surface area contributed by atoms with Gasteiger partial charge in [-0.15, -0.1) is 0 Å². The Morgan fingerprint density at radius 1 is 1.10 bits per heavy atom. The first-order valence-electron chi connectivity index (χ1n) is 6.70. The minimum atomic E-state index is -0.315. The van der Waals surface area contributed by atoms with E-state index in [2.05, 4.69) is 5.32 Å². The predicted octanol–water partition coefficient (Wildman–Crippen LogP) is 3.03. The first-order chi connectivity index (χ1) is 10.2. The molecule has 5 heteroatoms. The summed E-state index contributed by atoms with van der Waals surface area (Å²) >= 11 is 0. The van der Waals surface area contributed by atoms with Gasteiger partial charge >= 0.3 is 0 Å². The molecule has 0 bridgehead atoms. The van der Waals surface area contributed by atoms with E-state index in [-0.39, 0.29) is 30.9 Å². The van der Waals surface area contributed by atoms with Crippen molar-refractivity contribution >= 4 is 11.6 Å². The average molecular weight is 285 g/mol. The Morgan fingerprint density at radius 2 is 1.86 bits per heavy atom. The highest BCUT2D eigenvalue weighted by molar-refractivity contribution is 5.96. The number of nitrogens with one attached hydrogen (secondary N) is 1. The van der Waals surface area contributed by atoms with Gasteiger partial charge in [-0.2, -0.15) is 0 Å². The predicted molar refractivity (Wildman–Crippen MR) is 74.1 cm³/mol. The SMILES string of the molecule is O=C1C[C@@H](c2ccccc2F)c2cc3c(cc2N1)OCO3. The molecule has 0 aliphatic carbocycles. The van der Waals surface area contributed by atoms with Gasteiger partial charge in [0.25, 0.3) is 0 Å². The van der Waals surface area contributed by atoms with E-state index in [0.29, 0.717) is 22.7 Å². The van der Waals surface area contributed by atoms with Crippen molar-refractivity contribution < 1.29 is 18.7 Å². The molecular formula is C16H12FNO3. The Bertz CT molecular complexity index is 744. The lowest BCUT2D eigenvalue weighted by atomic mass is 9.84. The van der Waals surface area contributed by atoms with Crippen LogP contribution < -0.4 is 14.8 Å². The molecule has 0 spiro atoms. The largest absolute Gasteiger partial charge is 0.454 e. The Balaban J connectivity index is 1.88. The number of carbonyl (C=O) groups is 1. The maximum Gasteiger partial charge on any atom is 0.231 e. The fourth-order valence-electron chi connectivity index (χ4n) is 2.89. The minimum Gasteiger partial charge on any atom is -0.454 e. The average Bonchev–Trinajstić information content (AvgIpc) is 2.92. The standard InChI is InChI=1S/C16H12FNO3/c17-12-4-2-1-3-9(12)10-6-16(19)18-13-7-15-14(5-11(10)13)20-8-21-15/h1-5,7,10H,6,8H2,(H,18,19)/t10-/m0/s1. The Morgan fingerprint density at radius 3 is 2.67 bits per heavy atom. The van der Waals surface area contributed by atoms with E-state index in [1.54, 1.807) is 24.3 Å². The lowest BCUT2D eigenvalue weighted by molar-refractivity contribution is -0.116. The molecule has 0 saturated heterocycles. The Hall–Kier alpha value is -2.56. The third-order valence-corrected chi connectivity index (χ3v) is 3.86. The first-order valence-corrected chi connectivity index (χ1v) is 6.70. The Labute approximate surface area is 120 Å². The van der Waals surface area contributed by atoms with Crippen molar-refractivity contribution in [2.75, 3.05) is 12.1 Å². The van der Waals surface area contributed by atoms with Crippen LogP contribution in [0.2, 0.25) is 0 Å². The molecule has 4 nitrogen and oxygen atoms in total. The summed E-state index contributed by atoms with van der Waals surface area (Å²) < 4.78 is 24.8. The summed E-state index contributed by atoms with van der Waals surface area (Å²) in [6.45, 7) is 0.163. The lowest BCUT2D eigenvalue weighted by Crippen LogP contribution is -2.24. The number of hydrogen-bond acceptors (Lipinski definition) is 3. The summed E-state index contributed by atoms with van der Waals surface area (Å²) in [5.74, 6) is 0.481. The van der Waals surface area contributed by atoms with Crippen LogP contribution in [0.5, 0.6) is 11.5 Å².